The van der Waals surface area contributed by atoms with Crippen LogP contribution in [0, 0.1) is 11.8 Å². The van der Waals surface area contributed by atoms with Gasteiger partial charge in [0, 0.05) is 6.54 Å². The van der Waals surface area contributed by atoms with Gasteiger partial charge in [-0.2, -0.15) is 0 Å². The first kappa shape index (κ1) is 33.2. The highest BCUT2D eigenvalue weighted by atomic mass is 16.5. The average molecular weight is 620 g/mol. The normalized spacial score (nSPS) is 15.9. The van der Waals surface area contributed by atoms with Crippen molar-refractivity contribution >= 4 is 23.7 Å². The first-order chi connectivity index (χ1) is 21.6. The topological polar surface area (TPSA) is 153 Å². The predicted octanol–water partition coefficient (Wildman–Crippen LogP) is 3.93. The lowest BCUT2D eigenvalue weighted by Gasteiger charge is -2.31. The summed E-state index contributed by atoms with van der Waals surface area (Å²) >= 11 is 0. The van der Waals surface area contributed by atoms with Gasteiger partial charge in [-0.15, -0.1) is 10.2 Å². The van der Waals surface area contributed by atoms with Gasteiger partial charge in [0.2, 0.25) is 23.5 Å². The number of nitrogens with zero attached hydrogens (tertiary/aromatic N) is 3. The fraction of sp³-hybridized carbons (Fsp3) is 0.455. The number of ketones is 1. The molecule has 45 heavy (non-hydrogen) atoms. The summed E-state index contributed by atoms with van der Waals surface area (Å²) in [4.78, 5) is 54.7. The molecule has 0 saturated carbocycles. The summed E-state index contributed by atoms with van der Waals surface area (Å²) in [6.07, 6.45) is 0.609. The van der Waals surface area contributed by atoms with E-state index in [2.05, 4.69) is 20.8 Å². The van der Waals surface area contributed by atoms with Crippen LogP contribution >= 0.6 is 0 Å². The molecule has 0 spiro atoms. The molecule has 0 aliphatic carbocycles. The van der Waals surface area contributed by atoms with Crippen LogP contribution in [0.4, 0.5) is 4.79 Å². The monoisotopic (exact) mass is 619 g/mol. The largest absolute Gasteiger partial charge is 0.497 e. The Bertz CT molecular complexity index is 1470. The van der Waals surface area contributed by atoms with Gasteiger partial charge in [-0.3, -0.25) is 14.4 Å². The number of carbonyl (C=O) groups is 4. The van der Waals surface area contributed by atoms with Crippen LogP contribution in [-0.4, -0.2) is 70.6 Å². The maximum atomic E-state index is 13.6. The summed E-state index contributed by atoms with van der Waals surface area (Å²) in [6.45, 7) is 7.63. The van der Waals surface area contributed by atoms with Gasteiger partial charge >= 0.3 is 6.09 Å². The fourth-order valence-corrected chi connectivity index (χ4v) is 5.19. The average Bonchev–Trinajstić information content (AvgIpc) is 3.71. The second-order valence-corrected chi connectivity index (χ2v) is 11.7. The van der Waals surface area contributed by atoms with Crippen LogP contribution in [0.15, 0.2) is 59.0 Å². The Balaban J connectivity index is 1.39. The summed E-state index contributed by atoms with van der Waals surface area (Å²) in [5.74, 6) is -1.19. The molecule has 1 saturated heterocycles. The Labute approximate surface area is 262 Å². The van der Waals surface area contributed by atoms with Crippen LogP contribution in [0.25, 0.3) is 0 Å². The van der Waals surface area contributed by atoms with E-state index in [9.17, 15) is 19.2 Å². The van der Waals surface area contributed by atoms with E-state index in [4.69, 9.17) is 13.9 Å². The molecular weight excluding hydrogens is 578 g/mol. The van der Waals surface area contributed by atoms with E-state index in [0.717, 1.165) is 11.1 Å². The Morgan fingerprint density at radius 3 is 2.33 bits per heavy atom. The second-order valence-electron chi connectivity index (χ2n) is 11.7. The van der Waals surface area contributed by atoms with Crippen LogP contribution in [-0.2, 0) is 27.4 Å². The van der Waals surface area contributed by atoms with Crippen molar-refractivity contribution in [3.8, 4) is 5.75 Å². The number of benzene rings is 2. The molecule has 0 bridgehead atoms. The highest BCUT2D eigenvalue weighted by Crippen LogP contribution is 2.22. The molecule has 2 N–H and O–H groups in total. The molecule has 0 radical (unpaired) electrons. The van der Waals surface area contributed by atoms with Gasteiger partial charge in [0.15, 0.2) is 0 Å². The molecule has 12 nitrogen and oxygen atoms in total. The van der Waals surface area contributed by atoms with Crippen LogP contribution in [0.1, 0.15) is 68.2 Å². The van der Waals surface area contributed by atoms with Crippen molar-refractivity contribution in [3.63, 3.8) is 0 Å². The van der Waals surface area contributed by atoms with E-state index in [1.165, 1.54) is 4.90 Å². The first-order valence-electron chi connectivity index (χ1n) is 15.1. The van der Waals surface area contributed by atoms with E-state index < -0.39 is 35.9 Å². The lowest BCUT2D eigenvalue weighted by Crippen LogP contribution is -2.57. The predicted molar refractivity (Wildman–Crippen MR) is 164 cm³/mol. The number of nitrogens with one attached hydrogen (secondary N) is 2. The molecule has 3 aromatic rings. The Morgan fingerprint density at radius 1 is 0.933 bits per heavy atom. The van der Waals surface area contributed by atoms with Gasteiger partial charge < -0.3 is 29.4 Å². The molecule has 0 unspecified atom stereocenters. The molecule has 3 amide bonds. The molecule has 3 atom stereocenters. The van der Waals surface area contributed by atoms with Crippen LogP contribution in [0.2, 0.25) is 0 Å². The molecule has 1 fully saturated rings. The molecule has 4 rings (SSSR count). The Kier molecular flexibility index (Phi) is 11.3. The number of methoxy groups -OCH3 is 1. The molecule has 2 aromatic carbocycles. The van der Waals surface area contributed by atoms with Gasteiger partial charge in [0.25, 0.3) is 5.89 Å². The first-order valence-corrected chi connectivity index (χ1v) is 15.1. The van der Waals surface area contributed by atoms with Crippen molar-refractivity contribution < 1.29 is 33.1 Å². The maximum absolute atomic E-state index is 13.6. The quantitative estimate of drug-likeness (QED) is 0.271. The summed E-state index contributed by atoms with van der Waals surface area (Å²) in [6, 6.07) is 14.0. The lowest BCUT2D eigenvalue weighted by atomic mass is 9.98. The lowest BCUT2D eigenvalue weighted by molar-refractivity contribution is -0.141. The smallest absolute Gasteiger partial charge is 0.408 e. The Hall–Kier alpha value is -4.74. The van der Waals surface area contributed by atoms with Gasteiger partial charge in [0.1, 0.15) is 24.4 Å². The third-order valence-electron chi connectivity index (χ3n) is 7.67. The van der Waals surface area contributed by atoms with Gasteiger partial charge in [-0.1, -0.05) is 70.2 Å². The van der Waals surface area contributed by atoms with Crippen molar-refractivity contribution in [3.05, 3.63) is 77.5 Å². The van der Waals surface area contributed by atoms with Crippen molar-refractivity contribution in [1.29, 1.82) is 0 Å². The number of likely N-dealkylation sites (tertiary alicyclic amines) is 1. The van der Waals surface area contributed by atoms with E-state index >= 15 is 0 Å². The van der Waals surface area contributed by atoms with Crippen molar-refractivity contribution in [2.24, 2.45) is 11.8 Å². The fourth-order valence-electron chi connectivity index (χ4n) is 5.19. The number of rotatable bonds is 13. The number of alkyl carbamates (subject to hydrolysis) is 1. The standard InChI is InChI=1S/C33H41N5O7/c1-20(2)27(29(39)31-37-36-26(45-31)18-23-13-9-14-24(17-23)43-5)34-30(40)25-15-10-16-38(25)32(41)28(21(3)4)35-33(42)44-19-22-11-7-6-8-12-22/h6-9,11-14,17,20-21,25,27-28H,10,15-16,18-19H2,1-5H3,(H,34,40)(H,35,42)/t25-,27+,28-/m0/s1. The van der Waals surface area contributed by atoms with Crippen molar-refractivity contribution in [1.82, 2.24) is 25.7 Å². The second kappa shape index (κ2) is 15.3. The SMILES string of the molecule is COc1cccc(Cc2nnc(C(=O)[C@H](NC(=O)[C@@H]3CCCN3C(=O)[C@@H](NC(=O)OCc3ccccc3)C(C)C)C(C)C)o2)c1. The van der Waals surface area contributed by atoms with E-state index in [1.807, 2.05) is 68.4 Å². The number of aromatic nitrogens is 2. The molecule has 1 aromatic heterocycles. The summed E-state index contributed by atoms with van der Waals surface area (Å²) < 4.78 is 16.3. The highest BCUT2D eigenvalue weighted by molar-refractivity contribution is 6.00. The third-order valence-corrected chi connectivity index (χ3v) is 7.67. The number of Topliss-reactive ketones (excluding diaryl/α,β-unsaturated/α-hetero) is 1. The summed E-state index contributed by atoms with van der Waals surface area (Å²) in [5.41, 5.74) is 1.69. The van der Waals surface area contributed by atoms with Crippen LogP contribution in [0.3, 0.4) is 0 Å². The Morgan fingerprint density at radius 2 is 1.64 bits per heavy atom. The minimum Gasteiger partial charge on any atom is -0.497 e. The number of amides is 3. The van der Waals surface area contributed by atoms with E-state index in [1.54, 1.807) is 21.0 Å². The van der Waals surface area contributed by atoms with Crippen LogP contribution < -0.4 is 15.4 Å². The maximum Gasteiger partial charge on any atom is 0.408 e. The van der Waals surface area contributed by atoms with Gasteiger partial charge in [-0.25, -0.2) is 4.79 Å². The molecule has 1 aliphatic rings. The van der Waals surface area contributed by atoms with Crippen molar-refractivity contribution in [2.45, 2.75) is 71.7 Å². The minimum atomic E-state index is -0.952. The van der Waals surface area contributed by atoms with Crippen LogP contribution in [0.5, 0.6) is 5.75 Å². The molecular formula is C33H41N5O7. The number of hydrogen-bond acceptors (Lipinski definition) is 9. The van der Waals surface area contributed by atoms with E-state index in [0.29, 0.717) is 31.6 Å². The zero-order chi connectivity index (χ0) is 32.5. The molecule has 12 heteroatoms. The van der Waals surface area contributed by atoms with Gasteiger partial charge in [-0.05, 0) is 47.9 Å². The summed E-state index contributed by atoms with van der Waals surface area (Å²) in [7, 11) is 1.58. The molecule has 240 valence electrons. The zero-order valence-corrected chi connectivity index (χ0v) is 26.3. The van der Waals surface area contributed by atoms with E-state index in [-0.39, 0.29) is 36.1 Å². The molecule has 2 heterocycles. The van der Waals surface area contributed by atoms with Crippen molar-refractivity contribution in [2.75, 3.05) is 13.7 Å². The third kappa shape index (κ3) is 8.68. The zero-order valence-electron chi connectivity index (χ0n) is 26.3. The summed E-state index contributed by atoms with van der Waals surface area (Å²) in [5, 5.41) is 13.5. The highest BCUT2D eigenvalue weighted by Gasteiger charge is 2.40. The number of hydrogen-bond donors (Lipinski definition) is 2. The minimum absolute atomic E-state index is 0.0631. The number of carbonyl (C=O) groups excluding carboxylic acids is 4. The molecule has 1 aliphatic heterocycles. The number of ether oxygens (including phenoxy) is 2. The van der Waals surface area contributed by atoms with Gasteiger partial charge in [0.05, 0.1) is 19.6 Å².